The Kier molecular flexibility index (Phi) is 6.21. The van der Waals surface area contributed by atoms with Gasteiger partial charge >= 0.3 is 18.1 Å². The molecule has 0 amide bonds. The summed E-state index contributed by atoms with van der Waals surface area (Å²) in [6.07, 6.45) is -5.28. The van der Waals surface area contributed by atoms with Crippen molar-refractivity contribution in [3.8, 4) is 11.5 Å². The van der Waals surface area contributed by atoms with Crippen LogP contribution in [0.1, 0.15) is 33.6 Å². The van der Waals surface area contributed by atoms with E-state index in [4.69, 9.17) is 14.6 Å². The van der Waals surface area contributed by atoms with Crippen LogP contribution in [-0.2, 0) is 0 Å². The minimum Gasteiger partial charge on any atom is -0.494 e. The third-order valence-corrected chi connectivity index (χ3v) is 3.28. The first-order valence-electron chi connectivity index (χ1n) is 7.60. The molecule has 0 heterocycles. The van der Waals surface area contributed by atoms with Crippen molar-refractivity contribution in [3.05, 3.63) is 59.7 Å². The highest BCUT2D eigenvalue weighted by atomic mass is 19.4. The number of carbonyl (C=O) groups excluding carboxylic acids is 1. The van der Waals surface area contributed by atoms with Crippen molar-refractivity contribution in [2.24, 2.45) is 0 Å². The van der Waals surface area contributed by atoms with Crippen LogP contribution in [0.4, 0.5) is 13.2 Å². The second-order valence-electron chi connectivity index (χ2n) is 5.31. The summed E-state index contributed by atoms with van der Waals surface area (Å²) in [7, 11) is 0. The molecule has 0 saturated heterocycles. The maximum atomic E-state index is 12.0. The fraction of sp³-hybridized carbons (Fsp3) is 0.222. The summed E-state index contributed by atoms with van der Waals surface area (Å²) < 4.78 is 46.4. The van der Waals surface area contributed by atoms with E-state index in [1.807, 2.05) is 0 Å². The van der Waals surface area contributed by atoms with Crippen molar-refractivity contribution in [2.45, 2.75) is 19.0 Å². The van der Waals surface area contributed by atoms with Crippen LogP contribution in [0.3, 0.4) is 0 Å². The van der Waals surface area contributed by atoms with E-state index in [1.54, 1.807) is 0 Å². The molecule has 0 bridgehead atoms. The van der Waals surface area contributed by atoms with Gasteiger partial charge in [-0.15, -0.1) is 0 Å². The number of hydrogen-bond acceptors (Lipinski definition) is 4. The molecule has 1 N–H and O–H groups in total. The lowest BCUT2D eigenvalue weighted by molar-refractivity contribution is -0.136. The van der Waals surface area contributed by atoms with E-state index in [2.05, 4.69) is 0 Å². The van der Waals surface area contributed by atoms with Gasteiger partial charge in [0.15, 0.2) is 0 Å². The second kappa shape index (κ2) is 8.37. The van der Waals surface area contributed by atoms with Crippen molar-refractivity contribution >= 4 is 11.9 Å². The Balaban J connectivity index is 1.87. The van der Waals surface area contributed by atoms with Crippen LogP contribution in [0.2, 0.25) is 0 Å². The van der Waals surface area contributed by atoms with Gasteiger partial charge in [-0.05, 0) is 55.0 Å². The van der Waals surface area contributed by atoms with Crippen molar-refractivity contribution in [3.63, 3.8) is 0 Å². The predicted octanol–water partition coefficient (Wildman–Crippen LogP) is 4.33. The van der Waals surface area contributed by atoms with Gasteiger partial charge in [-0.25, -0.2) is 9.59 Å². The highest BCUT2D eigenvalue weighted by Crippen LogP contribution is 2.22. The number of carbonyl (C=O) groups is 2. The molecule has 0 saturated carbocycles. The fourth-order valence-corrected chi connectivity index (χ4v) is 1.98. The van der Waals surface area contributed by atoms with Gasteiger partial charge in [-0.1, -0.05) is 0 Å². The van der Waals surface area contributed by atoms with E-state index in [0.29, 0.717) is 5.75 Å². The van der Waals surface area contributed by atoms with Crippen LogP contribution in [0, 0.1) is 0 Å². The zero-order chi connectivity index (χ0) is 19.2. The highest BCUT2D eigenvalue weighted by Gasteiger charge is 2.26. The molecule has 2 aromatic rings. The van der Waals surface area contributed by atoms with Gasteiger partial charge in [0.1, 0.15) is 11.5 Å². The smallest absolute Gasteiger partial charge is 0.389 e. The predicted molar refractivity (Wildman–Crippen MR) is 85.6 cm³/mol. The van der Waals surface area contributed by atoms with Crippen LogP contribution < -0.4 is 9.47 Å². The summed E-state index contributed by atoms with van der Waals surface area (Å²) in [5, 5.41) is 8.80. The average Bonchev–Trinajstić information content (AvgIpc) is 2.59. The van der Waals surface area contributed by atoms with Crippen LogP contribution in [0.5, 0.6) is 11.5 Å². The lowest BCUT2D eigenvalue weighted by atomic mass is 10.2. The van der Waals surface area contributed by atoms with Crippen molar-refractivity contribution < 1.29 is 37.3 Å². The number of halogens is 3. The number of ether oxygens (including phenoxy) is 2. The number of rotatable bonds is 7. The summed E-state index contributed by atoms with van der Waals surface area (Å²) in [5.74, 6) is -1.22. The molecule has 0 aliphatic rings. The fourth-order valence-electron chi connectivity index (χ4n) is 1.98. The first kappa shape index (κ1) is 19.3. The van der Waals surface area contributed by atoms with E-state index in [9.17, 15) is 22.8 Å². The molecular formula is C18H15F3O5. The lowest BCUT2D eigenvalue weighted by Gasteiger charge is -2.09. The van der Waals surface area contributed by atoms with E-state index < -0.39 is 24.5 Å². The minimum atomic E-state index is -4.21. The largest absolute Gasteiger partial charge is 0.494 e. The van der Waals surface area contributed by atoms with Crippen molar-refractivity contribution in [2.75, 3.05) is 6.61 Å². The van der Waals surface area contributed by atoms with Crippen molar-refractivity contribution in [1.29, 1.82) is 0 Å². The zero-order valence-electron chi connectivity index (χ0n) is 13.5. The summed E-state index contributed by atoms with van der Waals surface area (Å²) in [5.41, 5.74) is 0.284. The molecule has 0 aliphatic heterocycles. The number of aromatic carboxylic acids is 1. The summed E-state index contributed by atoms with van der Waals surface area (Å²) in [4.78, 5) is 22.8. The Bertz CT molecular complexity index is 752. The third kappa shape index (κ3) is 6.12. The quantitative estimate of drug-likeness (QED) is 0.448. The van der Waals surface area contributed by atoms with Crippen LogP contribution >= 0.6 is 0 Å². The normalized spacial score (nSPS) is 11.0. The lowest BCUT2D eigenvalue weighted by Crippen LogP contribution is -2.10. The molecule has 138 valence electrons. The molecule has 2 aromatic carbocycles. The summed E-state index contributed by atoms with van der Waals surface area (Å²) in [6.45, 7) is -0.0841. The molecule has 2 rings (SSSR count). The maximum Gasteiger partial charge on any atom is 0.389 e. The van der Waals surface area contributed by atoms with Gasteiger partial charge in [0.25, 0.3) is 0 Å². The standard InChI is InChI=1S/C18H15F3O5/c19-18(20,21)10-1-11-25-14-6-4-13(5-7-14)17(24)26-15-8-2-12(3-9-15)16(22)23/h2-9H,1,10-11H2,(H,22,23). The van der Waals surface area contributed by atoms with Crippen molar-refractivity contribution in [1.82, 2.24) is 0 Å². The molecule has 26 heavy (non-hydrogen) atoms. The number of carboxylic acids is 1. The first-order valence-corrected chi connectivity index (χ1v) is 7.60. The monoisotopic (exact) mass is 368 g/mol. The molecule has 8 heteroatoms. The van der Waals surface area contributed by atoms with Crippen LogP contribution in [-0.4, -0.2) is 29.8 Å². The van der Waals surface area contributed by atoms with E-state index in [1.165, 1.54) is 48.5 Å². The highest BCUT2D eigenvalue weighted by molar-refractivity contribution is 5.91. The summed E-state index contributed by atoms with van der Waals surface area (Å²) in [6, 6.07) is 11.1. The average molecular weight is 368 g/mol. The van der Waals surface area contributed by atoms with Crippen LogP contribution in [0.15, 0.2) is 48.5 Å². The Labute approximate surface area is 147 Å². The van der Waals surface area contributed by atoms with Gasteiger partial charge < -0.3 is 14.6 Å². The Morgan fingerprint density at radius 1 is 0.885 bits per heavy atom. The minimum absolute atomic E-state index is 0.0665. The van der Waals surface area contributed by atoms with Gasteiger partial charge in [-0.2, -0.15) is 13.2 Å². The SMILES string of the molecule is O=C(O)c1ccc(OC(=O)c2ccc(OCCCC(F)(F)F)cc2)cc1. The van der Waals surface area contributed by atoms with E-state index >= 15 is 0 Å². The van der Waals surface area contributed by atoms with E-state index in [-0.39, 0.29) is 29.9 Å². The molecule has 0 unspecified atom stereocenters. The second-order valence-corrected chi connectivity index (χ2v) is 5.31. The summed E-state index contributed by atoms with van der Waals surface area (Å²) >= 11 is 0. The number of benzene rings is 2. The van der Waals surface area contributed by atoms with Gasteiger partial charge in [0.2, 0.25) is 0 Å². The van der Waals surface area contributed by atoms with Crippen LogP contribution in [0.25, 0.3) is 0 Å². The molecule has 0 aliphatic carbocycles. The first-order chi connectivity index (χ1) is 12.2. The Morgan fingerprint density at radius 2 is 1.42 bits per heavy atom. The molecule has 5 nitrogen and oxygen atoms in total. The molecule has 0 radical (unpaired) electrons. The molecular weight excluding hydrogens is 353 g/mol. The molecule has 0 fully saturated rings. The van der Waals surface area contributed by atoms with E-state index in [0.717, 1.165) is 0 Å². The third-order valence-electron chi connectivity index (χ3n) is 3.28. The maximum absolute atomic E-state index is 12.0. The Morgan fingerprint density at radius 3 is 1.96 bits per heavy atom. The van der Waals surface area contributed by atoms with Gasteiger partial charge in [0.05, 0.1) is 17.7 Å². The number of alkyl halides is 3. The number of hydrogen-bond donors (Lipinski definition) is 1. The Hall–Kier alpha value is -3.03. The number of carboxylic acid groups (broad SMARTS) is 1. The van der Waals surface area contributed by atoms with Gasteiger partial charge in [0, 0.05) is 6.42 Å². The molecule has 0 atom stereocenters. The zero-order valence-corrected chi connectivity index (χ0v) is 13.5. The molecule has 0 aromatic heterocycles. The molecule has 0 spiro atoms. The van der Waals surface area contributed by atoms with Gasteiger partial charge in [-0.3, -0.25) is 0 Å². The topological polar surface area (TPSA) is 72.8 Å². The number of esters is 1.